The molecule has 0 N–H and O–H groups in total. The molecule has 0 aromatic carbocycles. The molecule has 0 saturated heterocycles. The molecule has 0 saturated carbocycles. The Kier molecular flexibility index (Phi) is 5.63. The van der Waals surface area contributed by atoms with E-state index < -0.39 is 30.3 Å². The van der Waals surface area contributed by atoms with Crippen LogP contribution in [-0.2, 0) is 30.7 Å². The molecule has 0 aliphatic heterocycles. The Morgan fingerprint density at radius 3 is 1.14 bits per heavy atom. The predicted octanol–water partition coefficient (Wildman–Crippen LogP) is 1.64. The molecule has 0 aromatic heterocycles. The van der Waals surface area contributed by atoms with Crippen molar-refractivity contribution >= 4 is 11.6 Å². The van der Waals surface area contributed by atoms with Gasteiger partial charge in [0, 0.05) is 0 Å². The van der Waals surface area contributed by atoms with Crippen molar-refractivity contribution in [1.29, 1.82) is 0 Å². The minimum Gasteiger partial charge on any atom is -0.289 e. The van der Waals surface area contributed by atoms with Gasteiger partial charge in [-0.05, 0) is 0 Å². The van der Waals surface area contributed by atoms with Crippen molar-refractivity contribution in [3.63, 3.8) is 0 Å². The monoisotopic (exact) mass is 403 g/mol. The zero-order valence-corrected chi connectivity index (χ0v) is 8.38. The predicted molar refractivity (Wildman–Crippen MR) is 26.7 cm³/mol. The molecule has 2 nitrogen and oxygen atoms in total. The van der Waals surface area contributed by atoms with E-state index in [-0.39, 0.29) is 21.1 Å². The summed E-state index contributed by atoms with van der Waals surface area (Å²) in [6, 6.07) is 0. The van der Waals surface area contributed by atoms with Gasteiger partial charge in [-0.1, -0.05) is 0 Å². The van der Waals surface area contributed by atoms with Crippen LogP contribution in [0.2, 0.25) is 0 Å². The number of rotatable bonds is 2. The zero-order chi connectivity index (χ0) is 10.9. The normalized spacial score (nSPS) is 11.9. The first-order valence-electron chi connectivity index (χ1n) is 2.75. The Bertz CT molecular complexity index is 205. The number of carbonyl (C=O) groups excluding carboxylic acids is 2. The number of ketones is 2. The standard InChI is InChI=1S/C5H2F6O2.Pt/c6-4(7,8)2(12)1-3(13)5(9,10)11;/h1H2;/q;+2. The molecule has 0 heterocycles. The summed E-state index contributed by atoms with van der Waals surface area (Å²) in [4.78, 5) is 19.8. The SMILES string of the molecule is O=C(CC(=O)C(F)(F)F)C(F)(F)F.[Pt+2]. The van der Waals surface area contributed by atoms with E-state index in [9.17, 15) is 35.9 Å². The molecule has 0 atom stereocenters. The van der Waals surface area contributed by atoms with Crippen LogP contribution in [0.5, 0.6) is 0 Å². The largest absolute Gasteiger partial charge is 2.00 e. The summed E-state index contributed by atoms with van der Waals surface area (Å²) >= 11 is 0. The van der Waals surface area contributed by atoms with E-state index in [1.165, 1.54) is 0 Å². The molecule has 0 unspecified atom stereocenters. The van der Waals surface area contributed by atoms with Crippen LogP contribution >= 0.6 is 0 Å². The van der Waals surface area contributed by atoms with Crippen molar-refractivity contribution in [2.24, 2.45) is 0 Å². The maximum atomic E-state index is 11.3. The summed E-state index contributed by atoms with van der Waals surface area (Å²) in [5.74, 6) is -5.40. The summed E-state index contributed by atoms with van der Waals surface area (Å²) in [6.07, 6.45) is -13.0. The average Bonchev–Trinajstić information content (AvgIpc) is 1.82. The number of alkyl halides is 6. The number of hydrogen-bond acceptors (Lipinski definition) is 2. The molecule has 0 bridgehead atoms. The molecule has 0 aliphatic carbocycles. The third-order valence-electron chi connectivity index (χ3n) is 0.953. The maximum Gasteiger partial charge on any atom is 2.00 e. The van der Waals surface area contributed by atoms with Crippen LogP contribution in [-0.4, -0.2) is 23.9 Å². The molecule has 0 spiro atoms. The molecule has 14 heavy (non-hydrogen) atoms. The maximum absolute atomic E-state index is 11.3. The molecule has 0 amide bonds. The van der Waals surface area contributed by atoms with Crippen molar-refractivity contribution in [2.45, 2.75) is 18.8 Å². The van der Waals surface area contributed by atoms with Crippen LogP contribution in [0, 0.1) is 0 Å². The number of hydrogen-bond donors (Lipinski definition) is 0. The van der Waals surface area contributed by atoms with Gasteiger partial charge in [0.1, 0.15) is 0 Å². The molecule has 0 fully saturated rings. The van der Waals surface area contributed by atoms with Crippen molar-refractivity contribution < 1.29 is 57.0 Å². The summed E-state index contributed by atoms with van der Waals surface area (Å²) < 4.78 is 68.0. The Hall–Kier alpha value is -0.392. The van der Waals surface area contributed by atoms with Gasteiger partial charge in [0.15, 0.2) is 0 Å². The third-order valence-corrected chi connectivity index (χ3v) is 0.953. The summed E-state index contributed by atoms with van der Waals surface area (Å²) in [5, 5.41) is 0. The van der Waals surface area contributed by atoms with Crippen molar-refractivity contribution in [1.82, 2.24) is 0 Å². The van der Waals surface area contributed by atoms with Gasteiger partial charge >= 0.3 is 33.4 Å². The van der Waals surface area contributed by atoms with Gasteiger partial charge in [-0.3, -0.25) is 9.59 Å². The van der Waals surface area contributed by atoms with Crippen LogP contribution in [0.15, 0.2) is 0 Å². The Labute approximate surface area is 87.9 Å². The second-order valence-corrected chi connectivity index (χ2v) is 2.02. The number of Topliss-reactive ketones (excluding diaryl/α,β-unsaturated/α-hetero) is 2. The summed E-state index contributed by atoms with van der Waals surface area (Å²) in [6.45, 7) is 0. The Balaban J connectivity index is 0. The van der Waals surface area contributed by atoms with Crippen LogP contribution in [0.1, 0.15) is 6.42 Å². The first kappa shape index (κ1) is 16.1. The molecule has 84 valence electrons. The van der Waals surface area contributed by atoms with Gasteiger partial charge in [-0.15, -0.1) is 0 Å². The van der Waals surface area contributed by atoms with Crippen LogP contribution < -0.4 is 0 Å². The van der Waals surface area contributed by atoms with E-state index in [1.54, 1.807) is 0 Å². The summed E-state index contributed by atoms with van der Waals surface area (Å²) in [7, 11) is 0. The fourth-order valence-corrected chi connectivity index (χ4v) is 0.346. The summed E-state index contributed by atoms with van der Waals surface area (Å²) in [5.41, 5.74) is 0. The van der Waals surface area contributed by atoms with Gasteiger partial charge in [0.25, 0.3) is 0 Å². The van der Waals surface area contributed by atoms with E-state index in [0.717, 1.165) is 0 Å². The Morgan fingerprint density at radius 2 is 1.00 bits per heavy atom. The van der Waals surface area contributed by atoms with Crippen molar-refractivity contribution in [3.05, 3.63) is 0 Å². The smallest absolute Gasteiger partial charge is 0.289 e. The quantitative estimate of drug-likeness (QED) is 0.519. The fourth-order valence-electron chi connectivity index (χ4n) is 0.346. The second-order valence-electron chi connectivity index (χ2n) is 2.02. The minimum atomic E-state index is -5.40. The van der Waals surface area contributed by atoms with Gasteiger partial charge in [-0.2, -0.15) is 26.3 Å². The number of halogens is 6. The van der Waals surface area contributed by atoms with Gasteiger partial charge in [0.2, 0.25) is 11.6 Å². The van der Waals surface area contributed by atoms with Crippen molar-refractivity contribution in [3.8, 4) is 0 Å². The molecule has 0 aliphatic rings. The first-order chi connectivity index (χ1) is 5.55. The molecule has 0 radical (unpaired) electrons. The number of carbonyl (C=O) groups is 2. The van der Waals surface area contributed by atoms with Crippen molar-refractivity contribution in [2.75, 3.05) is 0 Å². The van der Waals surface area contributed by atoms with Gasteiger partial charge in [0.05, 0.1) is 6.42 Å². The molecular weight excluding hydrogens is 401 g/mol. The molecular formula is C5H2F6O2Pt+2. The average molecular weight is 403 g/mol. The molecule has 9 heteroatoms. The van der Waals surface area contributed by atoms with E-state index in [4.69, 9.17) is 0 Å². The van der Waals surface area contributed by atoms with Gasteiger partial charge in [-0.25, -0.2) is 0 Å². The van der Waals surface area contributed by atoms with E-state index in [2.05, 4.69) is 0 Å². The first-order valence-corrected chi connectivity index (χ1v) is 2.75. The van der Waals surface area contributed by atoms with E-state index in [0.29, 0.717) is 0 Å². The second kappa shape index (κ2) is 4.91. The van der Waals surface area contributed by atoms with Crippen LogP contribution in [0.25, 0.3) is 0 Å². The zero-order valence-electron chi connectivity index (χ0n) is 6.11. The Morgan fingerprint density at radius 1 is 0.786 bits per heavy atom. The van der Waals surface area contributed by atoms with E-state index in [1.807, 2.05) is 0 Å². The van der Waals surface area contributed by atoms with Gasteiger partial charge < -0.3 is 0 Å². The molecule has 0 aromatic rings. The fraction of sp³-hybridized carbons (Fsp3) is 0.600. The van der Waals surface area contributed by atoms with E-state index >= 15 is 0 Å². The topological polar surface area (TPSA) is 34.1 Å². The third kappa shape index (κ3) is 5.36. The minimum absolute atomic E-state index is 0. The van der Waals surface area contributed by atoms with Crippen LogP contribution in [0.4, 0.5) is 26.3 Å². The molecule has 0 rings (SSSR count). The van der Waals surface area contributed by atoms with Crippen LogP contribution in [0.3, 0.4) is 0 Å².